The molecule has 2 fully saturated rings. The first kappa shape index (κ1) is 15.4. The lowest BCUT2D eigenvalue weighted by Gasteiger charge is -2.39. The third kappa shape index (κ3) is 2.86. The number of piperidine rings is 1. The average Bonchev–Trinajstić information content (AvgIpc) is 3.22. The van der Waals surface area contributed by atoms with Crippen LogP contribution in [0.5, 0.6) is 5.75 Å². The summed E-state index contributed by atoms with van der Waals surface area (Å²) in [5.74, 6) is 1.98. The molecule has 2 aliphatic rings. The summed E-state index contributed by atoms with van der Waals surface area (Å²) in [5.41, 5.74) is 2.08. The van der Waals surface area contributed by atoms with Crippen LogP contribution in [0.15, 0.2) is 18.2 Å². The molecule has 0 aliphatic carbocycles. The summed E-state index contributed by atoms with van der Waals surface area (Å²) in [5, 5.41) is 0. The van der Waals surface area contributed by atoms with E-state index in [0.29, 0.717) is 13.0 Å². The maximum atomic E-state index is 12.2. The first-order valence-corrected chi connectivity index (χ1v) is 8.56. The SMILES string of the molecule is COc1ccc2nc(CCN3CC4(CCOC4)CCC3=O)[nH]c2c1. The van der Waals surface area contributed by atoms with Crippen molar-refractivity contribution < 1.29 is 14.3 Å². The van der Waals surface area contributed by atoms with Crippen molar-refractivity contribution in [3.05, 3.63) is 24.0 Å². The number of methoxy groups -OCH3 is 1. The number of likely N-dealkylation sites (tertiary alicyclic amines) is 1. The Kier molecular flexibility index (Phi) is 3.92. The quantitative estimate of drug-likeness (QED) is 0.933. The predicted octanol–water partition coefficient (Wildman–Crippen LogP) is 2.14. The van der Waals surface area contributed by atoms with Gasteiger partial charge in [0.2, 0.25) is 5.91 Å². The van der Waals surface area contributed by atoms with Crippen LogP contribution in [0.25, 0.3) is 11.0 Å². The van der Waals surface area contributed by atoms with Crippen LogP contribution in [-0.4, -0.2) is 54.2 Å². The lowest BCUT2D eigenvalue weighted by atomic mass is 9.79. The second-order valence-electron chi connectivity index (χ2n) is 6.93. The predicted molar refractivity (Wildman–Crippen MR) is 90.0 cm³/mol. The highest BCUT2D eigenvalue weighted by Gasteiger charge is 2.41. The first-order chi connectivity index (χ1) is 11.7. The minimum absolute atomic E-state index is 0.190. The number of rotatable bonds is 4. The van der Waals surface area contributed by atoms with Crippen molar-refractivity contribution in [3.63, 3.8) is 0 Å². The zero-order valence-electron chi connectivity index (χ0n) is 14.0. The smallest absolute Gasteiger partial charge is 0.222 e. The molecule has 4 rings (SSSR count). The second-order valence-corrected chi connectivity index (χ2v) is 6.93. The van der Waals surface area contributed by atoms with Gasteiger partial charge in [0, 0.05) is 44.0 Å². The van der Waals surface area contributed by atoms with Crippen LogP contribution >= 0.6 is 0 Å². The number of ether oxygens (including phenoxy) is 2. The monoisotopic (exact) mass is 329 g/mol. The Bertz CT molecular complexity index is 749. The summed E-state index contributed by atoms with van der Waals surface area (Å²) in [6.45, 7) is 3.14. The lowest BCUT2D eigenvalue weighted by molar-refractivity contribution is -0.137. The molecule has 0 bridgehead atoms. The molecule has 1 amide bonds. The van der Waals surface area contributed by atoms with Crippen LogP contribution in [0.2, 0.25) is 0 Å². The summed E-state index contributed by atoms with van der Waals surface area (Å²) in [4.78, 5) is 22.2. The van der Waals surface area contributed by atoms with E-state index in [1.807, 2.05) is 23.1 Å². The summed E-state index contributed by atoms with van der Waals surface area (Å²) < 4.78 is 10.8. The number of amides is 1. The zero-order valence-corrected chi connectivity index (χ0v) is 14.0. The van der Waals surface area contributed by atoms with Gasteiger partial charge < -0.3 is 19.4 Å². The fourth-order valence-electron chi connectivity index (χ4n) is 3.81. The van der Waals surface area contributed by atoms with Gasteiger partial charge in [-0.05, 0) is 25.0 Å². The number of nitrogens with zero attached hydrogens (tertiary/aromatic N) is 2. The van der Waals surface area contributed by atoms with Crippen molar-refractivity contribution in [2.24, 2.45) is 5.41 Å². The van der Waals surface area contributed by atoms with Crippen LogP contribution in [0.4, 0.5) is 0 Å². The van der Waals surface area contributed by atoms with Crippen molar-refractivity contribution in [3.8, 4) is 5.75 Å². The number of hydrogen-bond donors (Lipinski definition) is 1. The number of imidazole rings is 1. The van der Waals surface area contributed by atoms with Crippen molar-refractivity contribution in [1.29, 1.82) is 0 Å². The van der Waals surface area contributed by atoms with Crippen molar-refractivity contribution in [2.75, 3.05) is 33.4 Å². The number of hydrogen-bond acceptors (Lipinski definition) is 4. The number of carbonyl (C=O) groups excluding carboxylic acids is 1. The number of benzene rings is 1. The molecular weight excluding hydrogens is 306 g/mol. The molecule has 2 aromatic rings. The van der Waals surface area contributed by atoms with Gasteiger partial charge in [0.15, 0.2) is 0 Å². The molecular formula is C18H23N3O3. The molecule has 24 heavy (non-hydrogen) atoms. The van der Waals surface area contributed by atoms with Crippen LogP contribution in [0.3, 0.4) is 0 Å². The van der Waals surface area contributed by atoms with Crippen LogP contribution < -0.4 is 4.74 Å². The number of nitrogens with one attached hydrogen (secondary N) is 1. The topological polar surface area (TPSA) is 67.5 Å². The standard InChI is InChI=1S/C18H23N3O3/c1-23-13-2-3-14-15(10-13)20-16(19-14)5-8-21-11-18(6-4-17(21)22)7-9-24-12-18/h2-3,10H,4-9,11-12H2,1H3,(H,19,20). The van der Waals surface area contributed by atoms with Gasteiger partial charge in [-0.3, -0.25) is 4.79 Å². The van der Waals surface area contributed by atoms with E-state index in [4.69, 9.17) is 9.47 Å². The molecule has 1 aromatic heterocycles. The van der Waals surface area contributed by atoms with Crippen LogP contribution in [-0.2, 0) is 16.0 Å². The van der Waals surface area contributed by atoms with E-state index < -0.39 is 0 Å². The molecule has 0 saturated carbocycles. The van der Waals surface area contributed by atoms with E-state index in [2.05, 4.69) is 9.97 Å². The third-order valence-corrected chi connectivity index (χ3v) is 5.29. The van der Waals surface area contributed by atoms with Crippen molar-refractivity contribution in [2.45, 2.75) is 25.7 Å². The van der Waals surface area contributed by atoms with Gasteiger partial charge in [0.25, 0.3) is 0 Å². The van der Waals surface area contributed by atoms with E-state index >= 15 is 0 Å². The number of carbonyl (C=O) groups is 1. The highest BCUT2D eigenvalue weighted by molar-refractivity contribution is 5.78. The summed E-state index contributed by atoms with van der Waals surface area (Å²) in [7, 11) is 1.66. The van der Waals surface area contributed by atoms with E-state index in [1.165, 1.54) is 0 Å². The summed E-state index contributed by atoms with van der Waals surface area (Å²) >= 11 is 0. The molecule has 0 radical (unpaired) electrons. The molecule has 1 N–H and O–H groups in total. The van der Waals surface area contributed by atoms with Gasteiger partial charge in [-0.1, -0.05) is 0 Å². The maximum Gasteiger partial charge on any atom is 0.222 e. The molecule has 6 nitrogen and oxygen atoms in total. The minimum atomic E-state index is 0.190. The van der Waals surface area contributed by atoms with Gasteiger partial charge in [0.1, 0.15) is 11.6 Å². The first-order valence-electron chi connectivity index (χ1n) is 8.56. The Morgan fingerprint density at radius 3 is 3.12 bits per heavy atom. The Balaban J connectivity index is 1.44. The normalized spacial score (nSPS) is 24.2. The lowest BCUT2D eigenvalue weighted by Crippen LogP contribution is -2.47. The second kappa shape index (κ2) is 6.09. The van der Waals surface area contributed by atoms with Gasteiger partial charge in [0.05, 0.1) is 24.8 Å². The molecule has 3 heterocycles. The molecule has 2 aliphatic heterocycles. The molecule has 128 valence electrons. The molecule has 1 spiro atoms. The Hall–Kier alpha value is -2.08. The van der Waals surface area contributed by atoms with E-state index in [-0.39, 0.29) is 11.3 Å². The summed E-state index contributed by atoms with van der Waals surface area (Å²) in [6.07, 6.45) is 3.41. The minimum Gasteiger partial charge on any atom is -0.497 e. The zero-order chi connectivity index (χ0) is 16.6. The Labute approximate surface area is 141 Å². The fourth-order valence-corrected chi connectivity index (χ4v) is 3.81. The number of fused-ring (bicyclic) bond motifs is 1. The van der Waals surface area contributed by atoms with Crippen molar-refractivity contribution >= 4 is 16.9 Å². The molecule has 2 saturated heterocycles. The number of H-pyrrole nitrogens is 1. The van der Waals surface area contributed by atoms with Crippen molar-refractivity contribution in [1.82, 2.24) is 14.9 Å². The van der Waals surface area contributed by atoms with Crippen LogP contribution in [0.1, 0.15) is 25.1 Å². The molecule has 1 unspecified atom stereocenters. The Morgan fingerprint density at radius 2 is 2.33 bits per heavy atom. The third-order valence-electron chi connectivity index (χ3n) is 5.29. The van der Waals surface area contributed by atoms with Gasteiger partial charge in [-0.25, -0.2) is 4.98 Å². The van der Waals surface area contributed by atoms with Crippen LogP contribution in [0, 0.1) is 5.41 Å². The molecule has 1 aromatic carbocycles. The fraction of sp³-hybridized carbons (Fsp3) is 0.556. The highest BCUT2D eigenvalue weighted by atomic mass is 16.5. The van der Waals surface area contributed by atoms with Gasteiger partial charge >= 0.3 is 0 Å². The van der Waals surface area contributed by atoms with Gasteiger partial charge in [-0.15, -0.1) is 0 Å². The maximum absolute atomic E-state index is 12.2. The molecule has 1 atom stereocenters. The largest absolute Gasteiger partial charge is 0.497 e. The highest BCUT2D eigenvalue weighted by Crippen LogP contribution is 2.38. The average molecular weight is 329 g/mol. The number of aromatic amines is 1. The van der Waals surface area contributed by atoms with E-state index in [0.717, 1.165) is 61.6 Å². The Morgan fingerprint density at radius 1 is 1.42 bits per heavy atom. The van der Waals surface area contributed by atoms with Gasteiger partial charge in [-0.2, -0.15) is 0 Å². The molecule has 6 heteroatoms. The van der Waals surface area contributed by atoms with E-state index in [1.54, 1.807) is 7.11 Å². The summed E-state index contributed by atoms with van der Waals surface area (Å²) in [6, 6.07) is 5.80. The van der Waals surface area contributed by atoms with E-state index in [9.17, 15) is 4.79 Å². The number of aromatic nitrogens is 2.